The highest BCUT2D eigenvalue weighted by Gasteiger charge is 2.32. The summed E-state index contributed by atoms with van der Waals surface area (Å²) in [5, 5.41) is 3.40. The van der Waals surface area contributed by atoms with Gasteiger partial charge in [0.25, 0.3) is 0 Å². The Balaban J connectivity index is 1.62. The Morgan fingerprint density at radius 3 is 2.95 bits per heavy atom. The third-order valence-corrected chi connectivity index (χ3v) is 3.84. The number of nitrogens with zero attached hydrogens (tertiary/aromatic N) is 3. The zero-order valence-corrected chi connectivity index (χ0v) is 12.5. The largest absolute Gasteiger partial charge is 0.349 e. The number of rotatable bonds is 4. The monoisotopic (exact) mass is 318 g/mol. The summed E-state index contributed by atoms with van der Waals surface area (Å²) in [4.78, 5) is 29.6. The molecule has 1 atom stereocenters. The minimum Gasteiger partial charge on any atom is -0.349 e. The number of aromatic nitrogens is 2. The van der Waals surface area contributed by atoms with E-state index in [1.807, 2.05) is 12.1 Å². The van der Waals surface area contributed by atoms with Crippen molar-refractivity contribution in [2.75, 3.05) is 11.4 Å². The first-order chi connectivity index (χ1) is 10.6. The van der Waals surface area contributed by atoms with Gasteiger partial charge in [0, 0.05) is 25.4 Å². The molecule has 1 fully saturated rings. The van der Waals surface area contributed by atoms with Gasteiger partial charge in [0.15, 0.2) is 0 Å². The molecule has 114 valence electrons. The fourth-order valence-electron chi connectivity index (χ4n) is 2.53. The molecule has 3 rings (SSSR count). The van der Waals surface area contributed by atoms with Crippen molar-refractivity contribution in [3.05, 3.63) is 48.0 Å². The van der Waals surface area contributed by atoms with Crippen molar-refractivity contribution in [1.82, 2.24) is 14.9 Å². The molecule has 2 aromatic rings. The van der Waals surface area contributed by atoms with Crippen LogP contribution in [0, 0.1) is 0 Å². The van der Waals surface area contributed by atoms with Crippen molar-refractivity contribution in [3.8, 4) is 0 Å². The van der Waals surface area contributed by atoms with Gasteiger partial charge in [-0.3, -0.25) is 9.59 Å². The molecule has 2 heterocycles. The lowest BCUT2D eigenvalue weighted by molar-refractivity contribution is -0.122. The summed E-state index contributed by atoms with van der Waals surface area (Å²) in [5.74, 6) is -0.183. The topological polar surface area (TPSA) is 67.2 Å². The minimum atomic E-state index is -0.209. The van der Waals surface area contributed by atoms with Crippen molar-refractivity contribution in [3.63, 3.8) is 0 Å². The molecule has 0 saturated carbocycles. The molecule has 1 saturated heterocycles. The van der Waals surface area contributed by atoms with Crippen molar-refractivity contribution >= 4 is 29.1 Å². The molecule has 2 amide bonds. The van der Waals surface area contributed by atoms with Crippen LogP contribution >= 0.6 is 11.6 Å². The molecule has 0 aliphatic carbocycles. The molecule has 0 unspecified atom stereocenters. The van der Waals surface area contributed by atoms with Crippen LogP contribution in [-0.4, -0.2) is 34.0 Å². The number of imidazole rings is 1. The van der Waals surface area contributed by atoms with E-state index in [-0.39, 0.29) is 30.8 Å². The molecule has 0 radical (unpaired) electrons. The summed E-state index contributed by atoms with van der Waals surface area (Å²) in [6.45, 7) is 0.620. The Kier molecular flexibility index (Phi) is 4.11. The van der Waals surface area contributed by atoms with E-state index < -0.39 is 0 Å². The van der Waals surface area contributed by atoms with Crippen LogP contribution in [0.2, 0.25) is 5.02 Å². The molecule has 1 aliphatic heterocycles. The number of carbonyl (C=O) groups is 2. The Labute approximate surface area is 132 Å². The summed E-state index contributed by atoms with van der Waals surface area (Å²) in [7, 11) is 0. The molecule has 1 aromatic heterocycles. The summed E-state index contributed by atoms with van der Waals surface area (Å²) in [6.07, 6.45) is 5.19. The normalized spacial score (nSPS) is 17.8. The van der Waals surface area contributed by atoms with Crippen LogP contribution in [0.3, 0.4) is 0 Å². The molecule has 1 aliphatic rings. The smallest absolute Gasteiger partial charge is 0.240 e. The van der Waals surface area contributed by atoms with Gasteiger partial charge >= 0.3 is 0 Å². The SMILES string of the molecule is O=C(Cn1ccnc1)N[C@@H]1CC(=O)N(c2ccccc2Cl)C1. The molecule has 6 nitrogen and oxygen atoms in total. The highest BCUT2D eigenvalue weighted by atomic mass is 35.5. The van der Waals surface area contributed by atoms with Gasteiger partial charge in [-0.2, -0.15) is 0 Å². The van der Waals surface area contributed by atoms with E-state index in [1.165, 1.54) is 0 Å². The first kappa shape index (κ1) is 14.6. The second-order valence-electron chi connectivity index (χ2n) is 5.16. The number of anilines is 1. The van der Waals surface area contributed by atoms with Gasteiger partial charge in [0.2, 0.25) is 11.8 Å². The van der Waals surface area contributed by atoms with Crippen molar-refractivity contribution < 1.29 is 9.59 Å². The quantitative estimate of drug-likeness (QED) is 0.928. The molecular weight excluding hydrogens is 304 g/mol. The number of amides is 2. The second-order valence-corrected chi connectivity index (χ2v) is 5.57. The average molecular weight is 319 g/mol. The number of para-hydroxylation sites is 1. The van der Waals surface area contributed by atoms with Crippen LogP contribution in [0.15, 0.2) is 43.0 Å². The average Bonchev–Trinajstić information content (AvgIpc) is 3.09. The predicted molar refractivity (Wildman–Crippen MR) is 82.6 cm³/mol. The second kappa shape index (κ2) is 6.19. The van der Waals surface area contributed by atoms with Gasteiger partial charge in [0.05, 0.1) is 23.1 Å². The van der Waals surface area contributed by atoms with Crippen molar-refractivity contribution in [2.45, 2.75) is 19.0 Å². The third-order valence-electron chi connectivity index (χ3n) is 3.52. The van der Waals surface area contributed by atoms with E-state index in [2.05, 4.69) is 10.3 Å². The Morgan fingerprint density at radius 2 is 2.23 bits per heavy atom. The third kappa shape index (κ3) is 3.12. The fraction of sp³-hybridized carbons (Fsp3) is 0.267. The Morgan fingerprint density at radius 1 is 1.41 bits per heavy atom. The lowest BCUT2D eigenvalue weighted by Gasteiger charge is -2.18. The van der Waals surface area contributed by atoms with E-state index in [9.17, 15) is 9.59 Å². The maximum absolute atomic E-state index is 12.1. The molecule has 22 heavy (non-hydrogen) atoms. The van der Waals surface area contributed by atoms with Gasteiger partial charge in [0.1, 0.15) is 6.54 Å². The Bertz CT molecular complexity index is 687. The number of nitrogens with one attached hydrogen (secondary N) is 1. The van der Waals surface area contributed by atoms with Crippen molar-refractivity contribution in [2.24, 2.45) is 0 Å². The molecular formula is C15H15ClN4O2. The van der Waals surface area contributed by atoms with Crippen LogP contribution in [-0.2, 0) is 16.1 Å². The first-order valence-electron chi connectivity index (χ1n) is 6.93. The van der Waals surface area contributed by atoms with E-state index in [1.54, 1.807) is 40.3 Å². The van der Waals surface area contributed by atoms with Gasteiger partial charge in [-0.25, -0.2) is 4.98 Å². The highest BCUT2D eigenvalue weighted by Crippen LogP contribution is 2.28. The summed E-state index contributed by atoms with van der Waals surface area (Å²) in [5.41, 5.74) is 0.681. The maximum atomic E-state index is 12.1. The maximum Gasteiger partial charge on any atom is 0.240 e. The lowest BCUT2D eigenvalue weighted by Crippen LogP contribution is -2.38. The first-order valence-corrected chi connectivity index (χ1v) is 7.31. The summed E-state index contributed by atoms with van der Waals surface area (Å²) >= 11 is 6.13. The zero-order valence-electron chi connectivity index (χ0n) is 11.8. The number of carbonyl (C=O) groups excluding carboxylic acids is 2. The number of halogens is 1. The van der Waals surface area contributed by atoms with Crippen LogP contribution < -0.4 is 10.2 Å². The number of benzene rings is 1. The number of hydrogen-bond donors (Lipinski definition) is 1. The van der Waals surface area contributed by atoms with Crippen molar-refractivity contribution in [1.29, 1.82) is 0 Å². The van der Waals surface area contributed by atoms with Crippen LogP contribution in [0.4, 0.5) is 5.69 Å². The molecule has 1 aromatic carbocycles. The van der Waals surface area contributed by atoms with Gasteiger partial charge in [-0.05, 0) is 12.1 Å². The molecule has 0 spiro atoms. The molecule has 7 heteroatoms. The van der Waals surface area contributed by atoms with E-state index in [4.69, 9.17) is 11.6 Å². The van der Waals surface area contributed by atoms with Gasteiger partial charge < -0.3 is 14.8 Å². The van der Waals surface area contributed by atoms with Gasteiger partial charge in [-0.15, -0.1) is 0 Å². The van der Waals surface area contributed by atoms with E-state index >= 15 is 0 Å². The van der Waals surface area contributed by atoms with Crippen LogP contribution in [0.1, 0.15) is 6.42 Å². The van der Waals surface area contributed by atoms with Gasteiger partial charge in [-0.1, -0.05) is 23.7 Å². The molecule has 0 bridgehead atoms. The highest BCUT2D eigenvalue weighted by molar-refractivity contribution is 6.33. The Hall–Kier alpha value is -2.34. The summed E-state index contributed by atoms with van der Waals surface area (Å²) < 4.78 is 1.68. The standard InChI is InChI=1S/C15H15ClN4O2/c16-12-3-1-2-4-13(12)20-8-11(7-15(20)22)18-14(21)9-19-6-5-17-10-19/h1-6,10-11H,7-9H2,(H,18,21)/t11-/m1/s1. The lowest BCUT2D eigenvalue weighted by atomic mass is 10.2. The summed E-state index contributed by atoms with van der Waals surface area (Å²) in [6, 6.07) is 6.99. The predicted octanol–water partition coefficient (Wildman–Crippen LogP) is 1.46. The minimum absolute atomic E-state index is 0.0407. The van der Waals surface area contributed by atoms with E-state index in [0.29, 0.717) is 17.3 Å². The van der Waals surface area contributed by atoms with E-state index in [0.717, 1.165) is 0 Å². The zero-order chi connectivity index (χ0) is 15.5. The molecule has 1 N–H and O–H groups in total. The van der Waals surface area contributed by atoms with Crippen LogP contribution in [0.25, 0.3) is 0 Å². The van der Waals surface area contributed by atoms with Crippen LogP contribution in [0.5, 0.6) is 0 Å². The fourth-order valence-corrected chi connectivity index (χ4v) is 2.76. The number of hydrogen-bond acceptors (Lipinski definition) is 3.